The lowest BCUT2D eigenvalue weighted by atomic mass is 10.2. The quantitative estimate of drug-likeness (QED) is 0.872. The van der Waals surface area contributed by atoms with Crippen molar-refractivity contribution in [2.75, 3.05) is 44.0 Å². The molecular weight excluding hydrogens is 266 g/mol. The van der Waals surface area contributed by atoms with E-state index in [-0.39, 0.29) is 12.6 Å². The van der Waals surface area contributed by atoms with E-state index in [4.69, 9.17) is 16.7 Å². The van der Waals surface area contributed by atoms with Crippen molar-refractivity contribution in [1.29, 1.82) is 0 Å². The number of hydrogen-bond donors (Lipinski definition) is 2. The first kappa shape index (κ1) is 15.6. The highest BCUT2D eigenvalue weighted by atomic mass is 35.5. The predicted octanol–water partition coefficient (Wildman–Crippen LogP) is 2.25. The van der Waals surface area contributed by atoms with Gasteiger partial charge in [-0.3, -0.25) is 0 Å². The first-order valence-electron chi connectivity index (χ1n) is 6.13. The Balaban J connectivity index is 2.93. The Labute approximate surface area is 118 Å². The maximum absolute atomic E-state index is 12.1. The van der Waals surface area contributed by atoms with Crippen LogP contribution in [0.5, 0.6) is 0 Å². The molecule has 0 aliphatic heterocycles. The van der Waals surface area contributed by atoms with Crippen LogP contribution in [-0.2, 0) is 0 Å². The van der Waals surface area contributed by atoms with Crippen molar-refractivity contribution in [3.63, 3.8) is 0 Å². The highest BCUT2D eigenvalue weighted by Gasteiger charge is 2.15. The minimum absolute atomic E-state index is 0.0582. The minimum atomic E-state index is -0.248. The number of para-hydroxylation sites is 1. The van der Waals surface area contributed by atoms with E-state index < -0.39 is 0 Å². The zero-order valence-electron chi connectivity index (χ0n) is 11.5. The number of hydrogen-bond acceptors (Lipinski definition) is 3. The topological polar surface area (TPSA) is 55.8 Å². The van der Waals surface area contributed by atoms with Gasteiger partial charge in [-0.1, -0.05) is 17.7 Å². The normalized spacial score (nSPS) is 10.2. The molecule has 1 aromatic rings. The van der Waals surface area contributed by atoms with Crippen molar-refractivity contribution in [3.05, 3.63) is 23.2 Å². The number of benzene rings is 1. The minimum Gasteiger partial charge on any atom is -0.395 e. The van der Waals surface area contributed by atoms with Crippen LogP contribution in [0.4, 0.5) is 16.2 Å². The van der Waals surface area contributed by atoms with E-state index in [1.54, 1.807) is 18.2 Å². The fourth-order valence-corrected chi connectivity index (χ4v) is 2.13. The Kier molecular flexibility index (Phi) is 5.92. The van der Waals surface area contributed by atoms with Crippen molar-refractivity contribution < 1.29 is 9.90 Å². The monoisotopic (exact) mass is 285 g/mol. The largest absolute Gasteiger partial charge is 0.395 e. The van der Waals surface area contributed by atoms with Crippen LogP contribution in [-0.4, -0.2) is 49.8 Å². The molecule has 1 rings (SSSR count). The summed E-state index contributed by atoms with van der Waals surface area (Å²) in [5, 5.41) is 12.3. The lowest BCUT2D eigenvalue weighted by Gasteiger charge is -2.23. The van der Waals surface area contributed by atoms with Gasteiger partial charge in [-0.2, -0.15) is 0 Å². The van der Waals surface area contributed by atoms with E-state index in [2.05, 4.69) is 5.32 Å². The summed E-state index contributed by atoms with van der Waals surface area (Å²) >= 11 is 6.14. The van der Waals surface area contributed by atoms with E-state index >= 15 is 0 Å². The van der Waals surface area contributed by atoms with Gasteiger partial charge in [0, 0.05) is 27.2 Å². The third-order valence-electron chi connectivity index (χ3n) is 2.71. The molecule has 0 fully saturated rings. The van der Waals surface area contributed by atoms with Crippen LogP contribution in [0.2, 0.25) is 5.02 Å². The Bertz CT molecular complexity index is 438. The third kappa shape index (κ3) is 4.01. The standard InChI is InChI=1S/C13H20ClN3O2/c1-4-17(8-9-18)13(19)15-11-7-5-6-10(14)12(11)16(2)3/h5-7,18H,4,8-9H2,1-3H3,(H,15,19). The van der Waals surface area contributed by atoms with Gasteiger partial charge in [0.2, 0.25) is 0 Å². The SMILES string of the molecule is CCN(CCO)C(=O)Nc1cccc(Cl)c1N(C)C. The van der Waals surface area contributed by atoms with Crippen LogP contribution in [0.3, 0.4) is 0 Å². The first-order chi connectivity index (χ1) is 9.01. The van der Waals surface area contributed by atoms with Gasteiger partial charge >= 0.3 is 6.03 Å². The zero-order chi connectivity index (χ0) is 14.4. The van der Waals surface area contributed by atoms with Crippen molar-refractivity contribution >= 4 is 29.0 Å². The molecule has 1 aromatic carbocycles. The van der Waals surface area contributed by atoms with E-state index in [0.29, 0.717) is 23.8 Å². The number of amides is 2. The molecule has 0 bridgehead atoms. The number of halogens is 1. The predicted molar refractivity (Wildman–Crippen MR) is 79.1 cm³/mol. The van der Waals surface area contributed by atoms with E-state index in [1.165, 1.54) is 4.90 Å². The van der Waals surface area contributed by atoms with E-state index in [0.717, 1.165) is 5.69 Å². The molecule has 6 heteroatoms. The Hall–Kier alpha value is -1.46. The number of aliphatic hydroxyl groups excluding tert-OH is 1. The molecular formula is C13H20ClN3O2. The number of urea groups is 1. The van der Waals surface area contributed by atoms with Crippen LogP contribution in [0.15, 0.2) is 18.2 Å². The summed E-state index contributed by atoms with van der Waals surface area (Å²) in [6, 6.07) is 5.11. The molecule has 0 heterocycles. The molecule has 0 aliphatic rings. The molecule has 106 valence electrons. The van der Waals surface area contributed by atoms with Gasteiger partial charge in [-0.05, 0) is 19.1 Å². The summed E-state index contributed by atoms with van der Waals surface area (Å²) in [6.45, 7) is 2.64. The number of carbonyl (C=O) groups is 1. The van der Waals surface area contributed by atoms with E-state index in [1.807, 2.05) is 25.9 Å². The summed E-state index contributed by atoms with van der Waals surface area (Å²) < 4.78 is 0. The second-order valence-electron chi connectivity index (χ2n) is 4.26. The molecule has 5 nitrogen and oxygen atoms in total. The summed E-state index contributed by atoms with van der Waals surface area (Å²) in [6.07, 6.45) is 0. The van der Waals surface area contributed by atoms with Gasteiger partial charge < -0.3 is 20.2 Å². The van der Waals surface area contributed by atoms with Gasteiger partial charge in [0.25, 0.3) is 0 Å². The molecule has 0 saturated heterocycles. The highest BCUT2D eigenvalue weighted by molar-refractivity contribution is 6.34. The lowest BCUT2D eigenvalue weighted by molar-refractivity contribution is 0.192. The second kappa shape index (κ2) is 7.21. The average molecular weight is 286 g/mol. The van der Waals surface area contributed by atoms with Crippen LogP contribution in [0.1, 0.15) is 6.92 Å². The van der Waals surface area contributed by atoms with Crippen molar-refractivity contribution in [2.24, 2.45) is 0 Å². The number of likely N-dealkylation sites (N-methyl/N-ethyl adjacent to an activating group) is 1. The molecule has 0 radical (unpaired) electrons. The molecule has 0 aliphatic carbocycles. The second-order valence-corrected chi connectivity index (χ2v) is 4.67. The van der Waals surface area contributed by atoms with Gasteiger partial charge in [-0.25, -0.2) is 4.79 Å². The van der Waals surface area contributed by atoms with Gasteiger partial charge in [0.05, 0.1) is 23.0 Å². The summed E-state index contributed by atoms with van der Waals surface area (Å²) in [5.74, 6) is 0. The summed E-state index contributed by atoms with van der Waals surface area (Å²) in [7, 11) is 3.73. The number of nitrogens with one attached hydrogen (secondary N) is 1. The summed E-state index contributed by atoms with van der Waals surface area (Å²) in [4.78, 5) is 15.4. The number of rotatable bonds is 5. The van der Waals surface area contributed by atoms with Crippen LogP contribution < -0.4 is 10.2 Å². The van der Waals surface area contributed by atoms with Crippen molar-refractivity contribution in [1.82, 2.24) is 4.90 Å². The molecule has 2 N–H and O–H groups in total. The molecule has 0 saturated carbocycles. The van der Waals surface area contributed by atoms with Gasteiger partial charge in [-0.15, -0.1) is 0 Å². The van der Waals surface area contributed by atoms with Crippen LogP contribution >= 0.6 is 11.6 Å². The van der Waals surface area contributed by atoms with Gasteiger partial charge in [0.1, 0.15) is 0 Å². The van der Waals surface area contributed by atoms with Gasteiger partial charge in [0.15, 0.2) is 0 Å². The fourth-order valence-electron chi connectivity index (χ4n) is 1.79. The molecule has 0 unspecified atom stereocenters. The van der Waals surface area contributed by atoms with Crippen molar-refractivity contribution in [2.45, 2.75) is 6.92 Å². The third-order valence-corrected chi connectivity index (χ3v) is 3.02. The highest BCUT2D eigenvalue weighted by Crippen LogP contribution is 2.32. The smallest absolute Gasteiger partial charge is 0.321 e. The zero-order valence-corrected chi connectivity index (χ0v) is 12.2. The Morgan fingerprint density at radius 2 is 2.11 bits per heavy atom. The Morgan fingerprint density at radius 1 is 1.42 bits per heavy atom. The molecule has 0 aromatic heterocycles. The van der Waals surface area contributed by atoms with Crippen molar-refractivity contribution in [3.8, 4) is 0 Å². The summed E-state index contributed by atoms with van der Waals surface area (Å²) in [5.41, 5.74) is 1.41. The number of nitrogens with zero attached hydrogens (tertiary/aromatic N) is 2. The number of aliphatic hydroxyl groups is 1. The molecule has 0 spiro atoms. The average Bonchev–Trinajstić information content (AvgIpc) is 2.35. The van der Waals surface area contributed by atoms with E-state index in [9.17, 15) is 4.79 Å². The molecule has 19 heavy (non-hydrogen) atoms. The number of anilines is 2. The number of carbonyl (C=O) groups excluding carboxylic acids is 1. The molecule has 2 amide bonds. The Morgan fingerprint density at radius 3 is 2.63 bits per heavy atom. The molecule has 0 atom stereocenters. The maximum atomic E-state index is 12.1. The van der Waals surface area contributed by atoms with Crippen LogP contribution in [0, 0.1) is 0 Å². The maximum Gasteiger partial charge on any atom is 0.321 e. The first-order valence-corrected chi connectivity index (χ1v) is 6.51. The lowest BCUT2D eigenvalue weighted by Crippen LogP contribution is -2.37. The van der Waals surface area contributed by atoms with Crippen LogP contribution in [0.25, 0.3) is 0 Å². The fraction of sp³-hybridized carbons (Fsp3) is 0.462.